The number of rotatable bonds is 7. The Kier molecular flexibility index (Phi) is 7.78. The third-order valence-corrected chi connectivity index (χ3v) is 8.35. The van der Waals surface area contributed by atoms with Crippen LogP contribution < -0.4 is 19.6 Å². The van der Waals surface area contributed by atoms with Gasteiger partial charge in [0.05, 0.1) is 35.6 Å². The molecule has 3 heterocycles. The quantitative estimate of drug-likeness (QED) is 0.205. The van der Waals surface area contributed by atoms with E-state index in [1.54, 1.807) is 24.7 Å². The molecule has 0 fully saturated rings. The second kappa shape index (κ2) is 11.8. The molecule has 0 N–H and O–H groups in total. The summed E-state index contributed by atoms with van der Waals surface area (Å²) in [5.74, 6) is 1.36. The zero-order valence-corrected chi connectivity index (χ0v) is 25.1. The minimum atomic E-state index is -0.765. The summed E-state index contributed by atoms with van der Waals surface area (Å²) < 4.78 is 19.9. The van der Waals surface area contributed by atoms with E-state index < -0.39 is 12.0 Å². The number of halogens is 1. The molecular weight excluding hydrogens is 616 g/mol. The van der Waals surface area contributed by atoms with E-state index in [4.69, 9.17) is 18.9 Å². The van der Waals surface area contributed by atoms with Crippen molar-refractivity contribution in [2.24, 2.45) is 4.99 Å². The standard InChI is InChI=1S/C33H25BrN2O5S/c1-3-40-32(38)28-29(21-7-5-4-6-8-21)35-33-36(30(28)22-11-15-24(39-2)16-12-22)31(37)27(42-33)19-25-17-18-26(41-25)20-9-13-23(34)14-10-20/h4-19,30H,3H2,1-2H3/b27-19-. The highest BCUT2D eigenvalue weighted by atomic mass is 79.9. The maximum Gasteiger partial charge on any atom is 0.338 e. The first-order valence-electron chi connectivity index (χ1n) is 13.2. The molecule has 5 aromatic rings. The van der Waals surface area contributed by atoms with Crippen LogP contribution in [0.4, 0.5) is 0 Å². The Balaban J connectivity index is 1.55. The van der Waals surface area contributed by atoms with Gasteiger partial charge >= 0.3 is 5.97 Å². The molecule has 6 rings (SSSR count). The molecular formula is C33H25BrN2O5S. The molecule has 0 spiro atoms. The average molecular weight is 642 g/mol. The highest BCUT2D eigenvalue weighted by Gasteiger charge is 2.35. The summed E-state index contributed by atoms with van der Waals surface area (Å²) >= 11 is 4.70. The molecule has 1 atom stereocenters. The van der Waals surface area contributed by atoms with Crippen molar-refractivity contribution in [3.63, 3.8) is 0 Å². The molecule has 2 aromatic heterocycles. The maximum absolute atomic E-state index is 14.0. The first-order valence-corrected chi connectivity index (χ1v) is 14.9. The molecule has 9 heteroatoms. The summed E-state index contributed by atoms with van der Waals surface area (Å²) in [6.07, 6.45) is 1.72. The van der Waals surface area contributed by atoms with Crippen molar-refractivity contribution >= 4 is 45.0 Å². The molecule has 0 bridgehead atoms. The first kappa shape index (κ1) is 27.7. The Bertz CT molecular complexity index is 1970. The van der Waals surface area contributed by atoms with Crippen molar-refractivity contribution < 1.29 is 18.7 Å². The first-order chi connectivity index (χ1) is 20.5. The lowest BCUT2D eigenvalue weighted by Crippen LogP contribution is -2.40. The highest BCUT2D eigenvalue weighted by Crippen LogP contribution is 2.35. The third-order valence-electron chi connectivity index (χ3n) is 6.83. The largest absolute Gasteiger partial charge is 0.497 e. The van der Waals surface area contributed by atoms with Gasteiger partial charge in [0.15, 0.2) is 4.80 Å². The van der Waals surface area contributed by atoms with Crippen LogP contribution >= 0.6 is 27.3 Å². The number of esters is 1. The maximum atomic E-state index is 14.0. The number of benzene rings is 3. The monoisotopic (exact) mass is 640 g/mol. The van der Waals surface area contributed by atoms with Crippen LogP contribution in [-0.4, -0.2) is 24.3 Å². The van der Waals surface area contributed by atoms with Crippen molar-refractivity contribution in [1.82, 2.24) is 4.57 Å². The van der Waals surface area contributed by atoms with Crippen LogP contribution in [0.1, 0.15) is 29.9 Å². The number of aromatic nitrogens is 1. The van der Waals surface area contributed by atoms with E-state index in [2.05, 4.69) is 15.9 Å². The van der Waals surface area contributed by atoms with Crippen LogP contribution in [0.15, 0.2) is 115 Å². The Morgan fingerprint density at radius 3 is 2.43 bits per heavy atom. The van der Waals surface area contributed by atoms with Gasteiger partial charge in [0.2, 0.25) is 0 Å². The normalized spacial score (nSPS) is 14.8. The van der Waals surface area contributed by atoms with E-state index in [0.29, 0.717) is 37.9 Å². The van der Waals surface area contributed by atoms with Gasteiger partial charge in [-0.3, -0.25) is 9.36 Å². The number of furan rings is 1. The Morgan fingerprint density at radius 2 is 1.74 bits per heavy atom. The number of carbonyl (C=O) groups excluding carboxylic acids is 1. The Morgan fingerprint density at radius 1 is 1.00 bits per heavy atom. The number of hydrogen-bond donors (Lipinski definition) is 0. The molecule has 0 radical (unpaired) electrons. The molecule has 1 aliphatic heterocycles. The van der Waals surface area contributed by atoms with E-state index in [1.807, 2.05) is 91.0 Å². The van der Waals surface area contributed by atoms with E-state index >= 15 is 0 Å². The Labute approximate surface area is 253 Å². The second-order valence-electron chi connectivity index (χ2n) is 9.41. The van der Waals surface area contributed by atoms with Crippen LogP contribution in [0.5, 0.6) is 5.75 Å². The van der Waals surface area contributed by atoms with Crippen LogP contribution in [0.3, 0.4) is 0 Å². The molecule has 0 aliphatic carbocycles. The molecule has 1 unspecified atom stereocenters. The van der Waals surface area contributed by atoms with Crippen LogP contribution in [0.25, 0.3) is 23.1 Å². The molecule has 210 valence electrons. The molecule has 1 aliphatic rings. The lowest BCUT2D eigenvalue weighted by atomic mass is 9.93. The van der Waals surface area contributed by atoms with Crippen molar-refractivity contribution in [3.8, 4) is 17.1 Å². The number of carbonyl (C=O) groups is 1. The average Bonchev–Trinajstić information content (AvgIpc) is 3.61. The highest BCUT2D eigenvalue weighted by molar-refractivity contribution is 9.10. The van der Waals surface area contributed by atoms with Crippen LogP contribution in [0, 0.1) is 0 Å². The Hall–Kier alpha value is -4.47. The zero-order chi connectivity index (χ0) is 29.2. The number of ether oxygens (including phenoxy) is 2. The smallest absolute Gasteiger partial charge is 0.338 e. The molecule has 7 nitrogen and oxygen atoms in total. The number of methoxy groups -OCH3 is 1. The minimum Gasteiger partial charge on any atom is -0.497 e. The zero-order valence-electron chi connectivity index (χ0n) is 22.7. The second-order valence-corrected chi connectivity index (χ2v) is 11.3. The van der Waals surface area contributed by atoms with Crippen molar-refractivity contribution in [2.45, 2.75) is 13.0 Å². The molecule has 0 saturated heterocycles. The summed E-state index contributed by atoms with van der Waals surface area (Å²) in [5, 5.41) is 0. The summed E-state index contributed by atoms with van der Waals surface area (Å²) in [7, 11) is 1.59. The van der Waals surface area contributed by atoms with E-state index in [0.717, 1.165) is 21.2 Å². The van der Waals surface area contributed by atoms with Gasteiger partial charge in [-0.2, -0.15) is 0 Å². The van der Waals surface area contributed by atoms with Gasteiger partial charge in [-0.1, -0.05) is 81.9 Å². The lowest BCUT2D eigenvalue weighted by Gasteiger charge is -2.26. The third kappa shape index (κ3) is 5.29. The van der Waals surface area contributed by atoms with E-state index in [-0.39, 0.29) is 12.2 Å². The number of nitrogens with zero attached hydrogens (tertiary/aromatic N) is 2. The SMILES string of the molecule is CCOC(=O)C1=C(c2ccccc2)N=c2s/c(=C\c3ccc(-c4ccc(Br)cc4)o3)c(=O)n2C1c1ccc(OC)cc1. The fourth-order valence-electron chi connectivity index (χ4n) is 4.87. The molecule has 0 saturated carbocycles. The molecule has 42 heavy (non-hydrogen) atoms. The predicted molar refractivity (Wildman–Crippen MR) is 166 cm³/mol. The minimum absolute atomic E-state index is 0.184. The molecule has 0 amide bonds. The summed E-state index contributed by atoms with van der Waals surface area (Å²) in [4.78, 5) is 33.0. The van der Waals surface area contributed by atoms with Gasteiger partial charge in [-0.25, -0.2) is 9.79 Å². The molecule has 3 aromatic carbocycles. The van der Waals surface area contributed by atoms with Crippen molar-refractivity contribution in [1.29, 1.82) is 0 Å². The van der Waals surface area contributed by atoms with Gasteiger partial charge < -0.3 is 13.9 Å². The number of hydrogen-bond acceptors (Lipinski definition) is 7. The summed E-state index contributed by atoms with van der Waals surface area (Å²) in [6.45, 7) is 1.94. The predicted octanol–water partition coefficient (Wildman–Crippen LogP) is 5.97. The fourth-order valence-corrected chi connectivity index (χ4v) is 6.12. The van der Waals surface area contributed by atoms with Gasteiger partial charge in [0.1, 0.15) is 17.3 Å². The number of thiazole rings is 1. The lowest BCUT2D eigenvalue weighted by molar-refractivity contribution is -0.138. The van der Waals surface area contributed by atoms with Gasteiger partial charge in [-0.15, -0.1) is 0 Å². The van der Waals surface area contributed by atoms with Gasteiger partial charge in [0, 0.05) is 21.7 Å². The van der Waals surface area contributed by atoms with Crippen LogP contribution in [0.2, 0.25) is 0 Å². The van der Waals surface area contributed by atoms with Crippen molar-refractivity contribution in [2.75, 3.05) is 13.7 Å². The van der Waals surface area contributed by atoms with Gasteiger partial charge in [-0.05, 0) is 48.9 Å². The van der Waals surface area contributed by atoms with Crippen molar-refractivity contribution in [3.05, 3.63) is 138 Å². The van der Waals surface area contributed by atoms with Crippen LogP contribution in [-0.2, 0) is 9.53 Å². The summed E-state index contributed by atoms with van der Waals surface area (Å²) in [6, 6.07) is 27.5. The topological polar surface area (TPSA) is 83.0 Å². The fraction of sp³-hybridized carbons (Fsp3) is 0.121. The number of fused-ring (bicyclic) bond motifs is 1. The van der Waals surface area contributed by atoms with E-state index in [9.17, 15) is 9.59 Å². The van der Waals surface area contributed by atoms with E-state index in [1.165, 1.54) is 11.3 Å². The summed E-state index contributed by atoms with van der Waals surface area (Å²) in [5.41, 5.74) is 2.88. The van der Waals surface area contributed by atoms with Gasteiger partial charge in [0.25, 0.3) is 5.56 Å².